The second-order valence-electron chi connectivity index (χ2n) is 3.42. The number of aliphatic hydroxyl groups is 3. The number of rotatable bonds is 0. The summed E-state index contributed by atoms with van der Waals surface area (Å²) in [5.74, 6) is 0. The Balaban J connectivity index is 2.96. The Hall–Kier alpha value is -0.280. The van der Waals surface area contributed by atoms with Crippen LogP contribution in [0.3, 0.4) is 0 Å². The maximum Gasteiger partial charge on any atom is 0.189 e. The minimum atomic E-state index is -2.07. The SMILES string of the molecule is C[C@H]1OC(O)C(N)(N)[C@@H](O)[C@]1(N)O. The standard InChI is InChI=1S/C6H15N3O4/c1-2-6(9,12)3(10)5(7,8)4(11)13-2/h2-4,10-12H,7-9H2,1H3/t2-,3-,4?,6-/m1/s1. The summed E-state index contributed by atoms with van der Waals surface area (Å²) < 4.78 is 4.76. The third-order valence-corrected chi connectivity index (χ3v) is 2.32. The molecule has 1 heterocycles. The third-order valence-electron chi connectivity index (χ3n) is 2.32. The number of ether oxygens (including phenoxy) is 1. The summed E-state index contributed by atoms with van der Waals surface area (Å²) in [7, 11) is 0. The van der Waals surface area contributed by atoms with Gasteiger partial charge in [0.05, 0.1) is 0 Å². The predicted molar refractivity (Wildman–Crippen MR) is 42.8 cm³/mol. The van der Waals surface area contributed by atoms with Crippen molar-refractivity contribution in [2.45, 2.75) is 36.8 Å². The first-order chi connectivity index (χ1) is 5.70. The lowest BCUT2D eigenvalue weighted by Gasteiger charge is -2.49. The Morgan fingerprint density at radius 1 is 1.23 bits per heavy atom. The number of hydrogen-bond donors (Lipinski definition) is 6. The summed E-state index contributed by atoms with van der Waals surface area (Å²) in [4.78, 5) is 0. The van der Waals surface area contributed by atoms with Crippen LogP contribution in [0.4, 0.5) is 0 Å². The molecule has 1 unspecified atom stereocenters. The van der Waals surface area contributed by atoms with Crippen molar-refractivity contribution >= 4 is 0 Å². The highest BCUT2D eigenvalue weighted by Gasteiger charge is 2.56. The average molecular weight is 193 g/mol. The highest BCUT2D eigenvalue weighted by molar-refractivity contribution is 5.04. The van der Waals surface area contributed by atoms with Crippen LogP contribution >= 0.6 is 0 Å². The molecule has 0 aromatic carbocycles. The van der Waals surface area contributed by atoms with Crippen molar-refractivity contribution in [3.05, 3.63) is 0 Å². The van der Waals surface area contributed by atoms with E-state index in [9.17, 15) is 15.3 Å². The number of hydrogen-bond acceptors (Lipinski definition) is 7. The Bertz CT molecular complexity index is 188. The van der Waals surface area contributed by atoms with E-state index < -0.39 is 29.9 Å². The first-order valence-corrected chi connectivity index (χ1v) is 3.81. The molecule has 1 fully saturated rings. The van der Waals surface area contributed by atoms with Crippen LogP contribution in [-0.2, 0) is 4.74 Å². The normalized spacial score (nSPS) is 50.5. The van der Waals surface area contributed by atoms with E-state index in [0.717, 1.165) is 0 Å². The van der Waals surface area contributed by atoms with Crippen LogP contribution in [0.2, 0.25) is 0 Å². The fourth-order valence-electron chi connectivity index (χ4n) is 1.18. The molecule has 7 nitrogen and oxygen atoms in total. The van der Waals surface area contributed by atoms with E-state index >= 15 is 0 Å². The molecule has 1 rings (SSSR count). The maximum atomic E-state index is 9.50. The summed E-state index contributed by atoms with van der Waals surface area (Å²) in [6.45, 7) is 1.39. The first-order valence-electron chi connectivity index (χ1n) is 3.81. The van der Waals surface area contributed by atoms with Gasteiger partial charge in [0.1, 0.15) is 17.9 Å². The molecule has 78 valence electrons. The van der Waals surface area contributed by atoms with Crippen LogP contribution in [0, 0.1) is 0 Å². The summed E-state index contributed by atoms with van der Waals surface area (Å²) in [6.07, 6.45) is -4.20. The largest absolute Gasteiger partial charge is 0.385 e. The number of aliphatic hydroxyl groups excluding tert-OH is 2. The molecular formula is C6H15N3O4. The minimum absolute atomic E-state index is 0.960. The van der Waals surface area contributed by atoms with E-state index in [2.05, 4.69) is 0 Å². The van der Waals surface area contributed by atoms with E-state index in [1.165, 1.54) is 6.92 Å². The highest BCUT2D eigenvalue weighted by atomic mass is 16.6. The molecule has 0 radical (unpaired) electrons. The third kappa shape index (κ3) is 1.44. The highest BCUT2D eigenvalue weighted by Crippen LogP contribution is 2.27. The van der Waals surface area contributed by atoms with Crippen LogP contribution in [-0.4, -0.2) is 45.2 Å². The van der Waals surface area contributed by atoms with Crippen molar-refractivity contribution < 1.29 is 20.1 Å². The molecule has 0 bridgehead atoms. The summed E-state index contributed by atoms with van der Waals surface area (Å²) in [5, 5.41) is 28.1. The zero-order valence-corrected chi connectivity index (χ0v) is 7.21. The average Bonchev–Trinajstić information content (AvgIpc) is 2.00. The molecule has 4 atom stereocenters. The second-order valence-corrected chi connectivity index (χ2v) is 3.42. The van der Waals surface area contributed by atoms with Crippen molar-refractivity contribution in [3.63, 3.8) is 0 Å². The summed E-state index contributed by atoms with van der Waals surface area (Å²) in [6, 6.07) is 0. The van der Waals surface area contributed by atoms with E-state index in [0.29, 0.717) is 0 Å². The Morgan fingerprint density at radius 3 is 2.15 bits per heavy atom. The topological polar surface area (TPSA) is 148 Å². The van der Waals surface area contributed by atoms with Crippen LogP contribution in [0.5, 0.6) is 0 Å². The smallest absolute Gasteiger partial charge is 0.189 e. The van der Waals surface area contributed by atoms with E-state index in [-0.39, 0.29) is 0 Å². The molecule has 1 saturated heterocycles. The molecule has 7 heteroatoms. The predicted octanol–water partition coefficient (Wildman–Crippen LogP) is -3.65. The fraction of sp³-hybridized carbons (Fsp3) is 1.00. The van der Waals surface area contributed by atoms with Crippen molar-refractivity contribution in [2.75, 3.05) is 0 Å². The maximum absolute atomic E-state index is 9.50. The van der Waals surface area contributed by atoms with Gasteiger partial charge in [-0.25, -0.2) is 0 Å². The van der Waals surface area contributed by atoms with Gasteiger partial charge in [0.15, 0.2) is 12.0 Å². The van der Waals surface area contributed by atoms with Crippen molar-refractivity contribution in [3.8, 4) is 0 Å². The van der Waals surface area contributed by atoms with E-state index in [1.807, 2.05) is 0 Å². The van der Waals surface area contributed by atoms with Crippen molar-refractivity contribution in [1.29, 1.82) is 0 Å². The minimum Gasteiger partial charge on any atom is -0.385 e. The van der Waals surface area contributed by atoms with Gasteiger partial charge in [0.25, 0.3) is 0 Å². The summed E-state index contributed by atoms with van der Waals surface area (Å²) in [5.41, 5.74) is 11.9. The molecule has 0 aromatic rings. The van der Waals surface area contributed by atoms with Gasteiger partial charge in [0, 0.05) is 0 Å². The molecule has 0 spiro atoms. The molecular weight excluding hydrogens is 178 g/mol. The van der Waals surface area contributed by atoms with Crippen LogP contribution < -0.4 is 17.2 Å². The lowest BCUT2D eigenvalue weighted by molar-refractivity contribution is -0.302. The van der Waals surface area contributed by atoms with Gasteiger partial charge in [0.2, 0.25) is 0 Å². The van der Waals surface area contributed by atoms with Crippen LogP contribution in [0.1, 0.15) is 6.92 Å². The van der Waals surface area contributed by atoms with Crippen LogP contribution in [0.25, 0.3) is 0 Å². The van der Waals surface area contributed by atoms with Gasteiger partial charge in [-0.3, -0.25) is 5.73 Å². The Labute approximate surface area is 75.1 Å². The van der Waals surface area contributed by atoms with Crippen LogP contribution in [0.15, 0.2) is 0 Å². The molecule has 0 amide bonds. The van der Waals surface area contributed by atoms with Crippen molar-refractivity contribution in [2.24, 2.45) is 17.2 Å². The fourth-order valence-corrected chi connectivity index (χ4v) is 1.18. The first kappa shape index (κ1) is 10.8. The lowest BCUT2D eigenvalue weighted by Crippen LogP contribution is -2.81. The molecule has 0 saturated carbocycles. The second kappa shape index (κ2) is 2.85. The van der Waals surface area contributed by atoms with E-state index in [4.69, 9.17) is 21.9 Å². The van der Waals surface area contributed by atoms with Gasteiger partial charge >= 0.3 is 0 Å². The van der Waals surface area contributed by atoms with Gasteiger partial charge < -0.3 is 31.5 Å². The van der Waals surface area contributed by atoms with Crippen molar-refractivity contribution in [1.82, 2.24) is 0 Å². The Morgan fingerprint density at radius 2 is 1.69 bits per heavy atom. The number of nitrogens with two attached hydrogens (primary N) is 3. The zero-order valence-electron chi connectivity index (χ0n) is 7.21. The molecule has 0 aromatic heterocycles. The lowest BCUT2D eigenvalue weighted by atomic mass is 9.88. The Kier molecular flexibility index (Phi) is 2.37. The molecule has 9 N–H and O–H groups in total. The monoisotopic (exact) mass is 193 g/mol. The quantitative estimate of drug-likeness (QED) is 0.217. The van der Waals surface area contributed by atoms with Gasteiger partial charge in [-0.2, -0.15) is 0 Å². The molecule has 1 aliphatic rings. The van der Waals surface area contributed by atoms with Gasteiger partial charge in [-0.05, 0) is 6.92 Å². The van der Waals surface area contributed by atoms with Gasteiger partial charge in [-0.1, -0.05) is 0 Å². The molecule has 13 heavy (non-hydrogen) atoms. The molecule has 0 aliphatic carbocycles. The molecule has 1 aliphatic heterocycles. The van der Waals surface area contributed by atoms with Gasteiger partial charge in [-0.15, -0.1) is 0 Å². The summed E-state index contributed by atoms with van der Waals surface area (Å²) >= 11 is 0. The van der Waals surface area contributed by atoms with E-state index in [1.54, 1.807) is 0 Å². The zero-order chi connectivity index (χ0) is 10.4.